The molecular weight excluding hydrogens is 296 g/mol. The average Bonchev–Trinajstić information content (AvgIpc) is 3.22. The van der Waals surface area contributed by atoms with Crippen LogP contribution >= 0.6 is 11.6 Å². The van der Waals surface area contributed by atoms with E-state index in [2.05, 4.69) is 20.3 Å². The van der Waals surface area contributed by atoms with Gasteiger partial charge in [-0.2, -0.15) is 0 Å². The van der Waals surface area contributed by atoms with Crippen LogP contribution in [0.3, 0.4) is 0 Å². The van der Waals surface area contributed by atoms with Crippen molar-refractivity contribution in [3.05, 3.63) is 16.5 Å². The van der Waals surface area contributed by atoms with Gasteiger partial charge in [0.15, 0.2) is 5.69 Å². The van der Waals surface area contributed by atoms with Crippen molar-refractivity contribution >= 4 is 29.3 Å². The summed E-state index contributed by atoms with van der Waals surface area (Å²) in [4.78, 5) is 24.6. The van der Waals surface area contributed by atoms with Crippen LogP contribution in [-0.2, 0) is 9.47 Å². The van der Waals surface area contributed by atoms with E-state index in [4.69, 9.17) is 21.1 Å². The highest BCUT2D eigenvalue weighted by Gasteiger charge is 2.30. The van der Waals surface area contributed by atoms with Crippen LogP contribution in [0.1, 0.15) is 35.1 Å². The van der Waals surface area contributed by atoms with E-state index in [1.807, 2.05) is 0 Å². The Morgan fingerprint density at radius 3 is 2.90 bits per heavy atom. The largest absolute Gasteiger partial charge is 0.478 e. The second-order valence-corrected chi connectivity index (χ2v) is 5.21. The maximum atomic E-state index is 11.8. The van der Waals surface area contributed by atoms with Crippen molar-refractivity contribution in [2.45, 2.75) is 18.8 Å². The maximum absolute atomic E-state index is 11.8. The number of hydrogen-bond acceptors (Lipinski definition) is 7. The van der Waals surface area contributed by atoms with Gasteiger partial charge >= 0.3 is 5.97 Å². The van der Waals surface area contributed by atoms with Gasteiger partial charge in [0.1, 0.15) is 23.3 Å². The third-order valence-corrected chi connectivity index (χ3v) is 3.60. The number of anilines is 1. The molecule has 1 saturated carbocycles. The van der Waals surface area contributed by atoms with Crippen LogP contribution in [0.4, 0.5) is 5.82 Å². The number of ether oxygens (including phenoxy) is 2. The van der Waals surface area contributed by atoms with E-state index in [1.54, 1.807) is 0 Å². The summed E-state index contributed by atoms with van der Waals surface area (Å²) in [6, 6.07) is 0. The van der Waals surface area contributed by atoms with Gasteiger partial charge in [0.2, 0.25) is 5.90 Å². The van der Waals surface area contributed by atoms with E-state index in [9.17, 15) is 4.79 Å². The number of nitrogens with one attached hydrogen (secondary N) is 1. The molecule has 0 unspecified atom stereocenters. The molecule has 0 saturated heterocycles. The van der Waals surface area contributed by atoms with Crippen molar-refractivity contribution in [1.29, 1.82) is 0 Å². The molecule has 7 nitrogen and oxygen atoms in total. The number of methoxy groups -OCH3 is 1. The smallest absolute Gasteiger partial charge is 0.358 e. The summed E-state index contributed by atoms with van der Waals surface area (Å²) in [5.74, 6) is 1.37. The third-order valence-electron chi connectivity index (χ3n) is 3.24. The number of aliphatic imine (C=N–C) groups is 1. The van der Waals surface area contributed by atoms with Gasteiger partial charge in [-0.3, -0.25) is 4.99 Å². The molecule has 1 aliphatic carbocycles. The minimum Gasteiger partial charge on any atom is -0.478 e. The lowest BCUT2D eigenvalue weighted by Gasteiger charge is -2.11. The fraction of sp³-hybridized carbons (Fsp3) is 0.538. The standard InChI is InChI=1S/C13H15ClN4O3/c1-20-13(19)10-9(14)12(16-6-8-15-4-5-21-8)18-11(17-10)7-2-3-7/h7H,2-6H2,1H3,(H,16,17,18). The predicted octanol–water partition coefficient (Wildman–Crippen LogP) is 1.63. The number of halogens is 1. The normalized spacial score (nSPS) is 17.1. The predicted molar refractivity (Wildman–Crippen MR) is 77.1 cm³/mol. The summed E-state index contributed by atoms with van der Waals surface area (Å²) in [6.07, 6.45) is 2.05. The lowest BCUT2D eigenvalue weighted by molar-refractivity contribution is 0.0593. The summed E-state index contributed by atoms with van der Waals surface area (Å²) in [5, 5.41) is 3.21. The Kier molecular flexibility index (Phi) is 3.92. The molecule has 21 heavy (non-hydrogen) atoms. The Bertz CT molecular complexity index is 601. The van der Waals surface area contributed by atoms with E-state index in [0.717, 1.165) is 12.8 Å². The topological polar surface area (TPSA) is 85.7 Å². The highest BCUT2D eigenvalue weighted by atomic mass is 35.5. The summed E-state index contributed by atoms with van der Waals surface area (Å²) in [5.41, 5.74) is 0.0906. The summed E-state index contributed by atoms with van der Waals surface area (Å²) in [7, 11) is 1.30. The molecule has 0 aromatic carbocycles. The molecule has 0 amide bonds. The fourth-order valence-corrected chi connectivity index (χ4v) is 2.21. The van der Waals surface area contributed by atoms with E-state index in [1.165, 1.54) is 7.11 Å². The summed E-state index contributed by atoms with van der Waals surface area (Å²) >= 11 is 6.20. The molecule has 0 bridgehead atoms. The van der Waals surface area contributed by atoms with Gasteiger partial charge in [-0.1, -0.05) is 11.6 Å². The first-order valence-corrected chi connectivity index (χ1v) is 7.12. The monoisotopic (exact) mass is 310 g/mol. The van der Waals surface area contributed by atoms with Crippen molar-refractivity contribution in [2.24, 2.45) is 4.99 Å². The molecule has 3 rings (SSSR count). The Balaban J connectivity index is 1.86. The summed E-state index contributed by atoms with van der Waals surface area (Å²) in [6.45, 7) is 1.63. The Labute approximate surface area is 126 Å². The molecule has 1 aromatic heterocycles. The minimum atomic E-state index is -0.568. The Morgan fingerprint density at radius 2 is 2.29 bits per heavy atom. The first-order chi connectivity index (χ1) is 10.2. The number of carbonyl (C=O) groups is 1. The van der Waals surface area contributed by atoms with Gasteiger partial charge < -0.3 is 14.8 Å². The van der Waals surface area contributed by atoms with Gasteiger partial charge in [-0.25, -0.2) is 14.8 Å². The van der Waals surface area contributed by atoms with Crippen LogP contribution < -0.4 is 5.32 Å². The van der Waals surface area contributed by atoms with Gasteiger partial charge in [0.05, 0.1) is 20.2 Å². The second-order valence-electron chi connectivity index (χ2n) is 4.84. The Morgan fingerprint density at radius 1 is 1.48 bits per heavy atom. The van der Waals surface area contributed by atoms with Crippen molar-refractivity contribution in [2.75, 3.05) is 32.1 Å². The van der Waals surface area contributed by atoms with Gasteiger partial charge in [-0.15, -0.1) is 0 Å². The van der Waals surface area contributed by atoms with Crippen molar-refractivity contribution in [3.8, 4) is 0 Å². The molecule has 0 radical (unpaired) electrons. The maximum Gasteiger partial charge on any atom is 0.358 e. The average molecular weight is 311 g/mol. The fourth-order valence-electron chi connectivity index (χ4n) is 1.98. The SMILES string of the molecule is COC(=O)c1nc(C2CC2)nc(NCC2=NCCO2)c1Cl. The van der Waals surface area contributed by atoms with Crippen molar-refractivity contribution in [1.82, 2.24) is 9.97 Å². The van der Waals surface area contributed by atoms with Crippen LogP contribution in [0.25, 0.3) is 0 Å². The molecule has 1 fully saturated rings. The van der Waals surface area contributed by atoms with Crippen LogP contribution in [-0.4, -0.2) is 48.6 Å². The van der Waals surface area contributed by atoms with Crippen molar-refractivity contribution < 1.29 is 14.3 Å². The molecule has 1 aromatic rings. The van der Waals surface area contributed by atoms with Crippen LogP contribution in [0.5, 0.6) is 0 Å². The molecule has 0 spiro atoms. The zero-order chi connectivity index (χ0) is 14.8. The summed E-state index contributed by atoms with van der Waals surface area (Å²) < 4.78 is 10.0. The zero-order valence-electron chi connectivity index (χ0n) is 11.6. The minimum absolute atomic E-state index is 0.0906. The van der Waals surface area contributed by atoms with Crippen LogP contribution in [0, 0.1) is 0 Å². The lowest BCUT2D eigenvalue weighted by atomic mass is 10.3. The van der Waals surface area contributed by atoms with Crippen LogP contribution in [0.15, 0.2) is 4.99 Å². The number of nitrogens with zero attached hydrogens (tertiary/aromatic N) is 3. The highest BCUT2D eigenvalue weighted by molar-refractivity contribution is 6.35. The third kappa shape index (κ3) is 3.07. The number of esters is 1. The molecule has 0 atom stereocenters. The highest BCUT2D eigenvalue weighted by Crippen LogP contribution is 2.39. The number of hydrogen-bond donors (Lipinski definition) is 1. The number of aromatic nitrogens is 2. The number of rotatable bonds is 5. The van der Waals surface area contributed by atoms with E-state index < -0.39 is 5.97 Å². The van der Waals surface area contributed by atoms with Gasteiger partial charge in [-0.05, 0) is 12.8 Å². The second kappa shape index (κ2) is 5.85. The molecule has 1 aliphatic heterocycles. The zero-order valence-corrected chi connectivity index (χ0v) is 12.3. The van der Waals surface area contributed by atoms with Gasteiger partial charge in [0, 0.05) is 5.92 Å². The molecular formula is C13H15ClN4O3. The molecule has 1 N–H and O–H groups in total. The van der Waals surface area contributed by atoms with Gasteiger partial charge in [0.25, 0.3) is 0 Å². The van der Waals surface area contributed by atoms with E-state index >= 15 is 0 Å². The van der Waals surface area contributed by atoms with Crippen molar-refractivity contribution in [3.63, 3.8) is 0 Å². The Hall–Kier alpha value is -1.89. The molecule has 2 heterocycles. The number of carbonyl (C=O) groups excluding carboxylic acids is 1. The molecule has 112 valence electrons. The first kappa shape index (κ1) is 14.1. The quantitative estimate of drug-likeness (QED) is 0.832. The first-order valence-electron chi connectivity index (χ1n) is 6.74. The molecule has 8 heteroatoms. The van der Waals surface area contributed by atoms with E-state index in [0.29, 0.717) is 43.2 Å². The lowest BCUT2D eigenvalue weighted by Crippen LogP contribution is -2.17. The molecule has 2 aliphatic rings. The van der Waals surface area contributed by atoms with E-state index in [-0.39, 0.29) is 10.7 Å². The van der Waals surface area contributed by atoms with Crippen LogP contribution in [0.2, 0.25) is 5.02 Å².